The number of allylic oxidation sites excluding steroid dienone is 2. The van der Waals surface area contributed by atoms with E-state index in [0.29, 0.717) is 4.90 Å². The van der Waals surface area contributed by atoms with Crippen molar-refractivity contribution in [2.24, 2.45) is 0 Å². The van der Waals surface area contributed by atoms with Gasteiger partial charge in [0.05, 0.1) is 4.90 Å². The summed E-state index contributed by atoms with van der Waals surface area (Å²) in [7, 11) is -3.38. The largest absolute Gasteiger partial charge is 0.284 e. The lowest BCUT2D eigenvalue weighted by molar-refractivity contribution is 0.582. The predicted molar refractivity (Wildman–Crippen MR) is 63.3 cm³/mol. The van der Waals surface area contributed by atoms with Crippen LogP contribution in [0.5, 0.6) is 0 Å². The first-order valence-electron chi connectivity index (χ1n) is 5.45. The van der Waals surface area contributed by atoms with Gasteiger partial charge in [-0.1, -0.05) is 24.3 Å². The zero-order valence-corrected chi connectivity index (χ0v) is 9.83. The summed E-state index contributed by atoms with van der Waals surface area (Å²) in [6, 6.07) is 8.46. The van der Waals surface area contributed by atoms with Crippen molar-refractivity contribution in [3.05, 3.63) is 42.1 Å². The molecule has 2 rings (SSSR count). The van der Waals surface area contributed by atoms with Gasteiger partial charge in [-0.15, -0.1) is 0 Å². The van der Waals surface area contributed by atoms with E-state index in [1.54, 1.807) is 30.3 Å². The minimum Gasteiger partial charge on any atom is -0.284 e. The summed E-state index contributed by atoms with van der Waals surface area (Å²) < 4.78 is 26.5. The molecule has 1 aliphatic carbocycles. The lowest BCUT2D eigenvalue weighted by Gasteiger charge is -2.15. The quantitative estimate of drug-likeness (QED) is 0.877. The summed E-state index contributed by atoms with van der Waals surface area (Å²) in [5.41, 5.74) is 0.829. The van der Waals surface area contributed by atoms with Crippen molar-refractivity contribution < 1.29 is 8.42 Å². The monoisotopic (exact) mass is 237 g/mol. The molecule has 0 aliphatic heterocycles. The fraction of sp³-hybridized carbons (Fsp3) is 0.333. The van der Waals surface area contributed by atoms with Gasteiger partial charge in [-0.3, -0.25) is 4.72 Å². The zero-order chi connectivity index (χ0) is 11.4. The van der Waals surface area contributed by atoms with Gasteiger partial charge in [-0.2, -0.15) is 0 Å². The first-order valence-corrected chi connectivity index (χ1v) is 6.94. The molecule has 0 bridgehead atoms. The van der Waals surface area contributed by atoms with Crippen LogP contribution >= 0.6 is 0 Å². The van der Waals surface area contributed by atoms with Gasteiger partial charge in [0.25, 0.3) is 10.0 Å². The van der Waals surface area contributed by atoms with Gasteiger partial charge in [0.15, 0.2) is 0 Å². The minimum absolute atomic E-state index is 0.321. The first kappa shape index (κ1) is 11.2. The highest BCUT2D eigenvalue weighted by atomic mass is 32.2. The Labute approximate surface area is 96.2 Å². The van der Waals surface area contributed by atoms with Crippen molar-refractivity contribution >= 4 is 10.0 Å². The second kappa shape index (κ2) is 4.70. The van der Waals surface area contributed by atoms with E-state index >= 15 is 0 Å². The molecule has 0 saturated carbocycles. The van der Waals surface area contributed by atoms with Crippen LogP contribution < -0.4 is 4.72 Å². The van der Waals surface area contributed by atoms with Crippen LogP contribution in [0.25, 0.3) is 0 Å². The Morgan fingerprint density at radius 1 is 1.06 bits per heavy atom. The molecule has 0 fully saturated rings. The van der Waals surface area contributed by atoms with Gasteiger partial charge >= 0.3 is 0 Å². The van der Waals surface area contributed by atoms with E-state index in [-0.39, 0.29) is 0 Å². The molecule has 4 heteroatoms. The number of nitrogens with one attached hydrogen (secondary N) is 1. The third-order valence-corrected chi connectivity index (χ3v) is 4.03. The molecular weight excluding hydrogens is 222 g/mol. The Balaban J connectivity index is 2.18. The fourth-order valence-electron chi connectivity index (χ4n) is 1.76. The Morgan fingerprint density at radius 3 is 2.44 bits per heavy atom. The molecule has 0 aromatic heterocycles. The van der Waals surface area contributed by atoms with Crippen molar-refractivity contribution in [2.75, 3.05) is 0 Å². The van der Waals surface area contributed by atoms with Gasteiger partial charge < -0.3 is 0 Å². The van der Waals surface area contributed by atoms with Crippen LogP contribution in [0, 0.1) is 0 Å². The summed E-state index contributed by atoms with van der Waals surface area (Å²) in [6.45, 7) is 0. The Hall–Kier alpha value is -1.29. The van der Waals surface area contributed by atoms with E-state index in [4.69, 9.17) is 0 Å². The van der Waals surface area contributed by atoms with E-state index in [1.807, 2.05) is 6.08 Å². The molecule has 0 unspecified atom stereocenters. The summed E-state index contributed by atoms with van der Waals surface area (Å²) >= 11 is 0. The number of hydrogen-bond acceptors (Lipinski definition) is 2. The molecule has 1 aliphatic rings. The predicted octanol–water partition coefficient (Wildman–Crippen LogP) is 2.42. The maximum absolute atomic E-state index is 11.9. The van der Waals surface area contributed by atoms with E-state index in [0.717, 1.165) is 31.4 Å². The SMILES string of the molecule is O=S(=O)(NC1=CCCCC1)c1ccccc1. The lowest BCUT2D eigenvalue weighted by Crippen LogP contribution is -2.24. The summed E-state index contributed by atoms with van der Waals surface area (Å²) in [5, 5.41) is 0. The molecule has 0 spiro atoms. The van der Waals surface area contributed by atoms with Gasteiger partial charge in [-0.05, 0) is 37.8 Å². The summed E-state index contributed by atoms with van der Waals surface area (Å²) in [6.07, 6.45) is 5.97. The van der Waals surface area contributed by atoms with E-state index in [1.165, 1.54) is 0 Å². The highest BCUT2D eigenvalue weighted by Gasteiger charge is 2.15. The highest BCUT2D eigenvalue weighted by Crippen LogP contribution is 2.17. The average molecular weight is 237 g/mol. The maximum atomic E-state index is 11.9. The van der Waals surface area contributed by atoms with Crippen molar-refractivity contribution in [3.63, 3.8) is 0 Å². The summed E-state index contributed by atoms with van der Waals surface area (Å²) in [5.74, 6) is 0. The molecule has 0 heterocycles. The molecule has 0 atom stereocenters. The van der Waals surface area contributed by atoms with Crippen LogP contribution in [-0.2, 0) is 10.0 Å². The van der Waals surface area contributed by atoms with E-state index < -0.39 is 10.0 Å². The van der Waals surface area contributed by atoms with Crippen molar-refractivity contribution in [1.82, 2.24) is 4.72 Å². The Bertz CT molecular complexity index is 477. The molecule has 1 aromatic rings. The molecule has 1 N–H and O–H groups in total. The average Bonchev–Trinajstić information content (AvgIpc) is 2.31. The third kappa shape index (κ3) is 2.64. The molecule has 16 heavy (non-hydrogen) atoms. The van der Waals surface area contributed by atoms with Crippen LogP contribution in [0.2, 0.25) is 0 Å². The Morgan fingerprint density at radius 2 is 1.81 bits per heavy atom. The minimum atomic E-state index is -3.38. The van der Waals surface area contributed by atoms with Crippen molar-refractivity contribution in [2.45, 2.75) is 30.6 Å². The van der Waals surface area contributed by atoms with Gasteiger partial charge in [-0.25, -0.2) is 8.42 Å². The molecule has 1 aromatic carbocycles. The van der Waals surface area contributed by atoms with Crippen molar-refractivity contribution in [1.29, 1.82) is 0 Å². The van der Waals surface area contributed by atoms with Gasteiger partial charge in [0.1, 0.15) is 0 Å². The van der Waals surface area contributed by atoms with Crippen LogP contribution in [0.1, 0.15) is 25.7 Å². The van der Waals surface area contributed by atoms with Gasteiger partial charge in [0.2, 0.25) is 0 Å². The molecular formula is C12H15NO2S. The highest BCUT2D eigenvalue weighted by molar-refractivity contribution is 7.89. The van der Waals surface area contributed by atoms with Crippen LogP contribution in [0.15, 0.2) is 47.0 Å². The number of benzene rings is 1. The van der Waals surface area contributed by atoms with Gasteiger partial charge in [0, 0.05) is 5.70 Å². The second-order valence-electron chi connectivity index (χ2n) is 3.89. The normalized spacial score (nSPS) is 16.6. The van der Waals surface area contributed by atoms with Crippen molar-refractivity contribution in [3.8, 4) is 0 Å². The van der Waals surface area contributed by atoms with E-state index in [2.05, 4.69) is 4.72 Å². The number of sulfonamides is 1. The molecule has 0 radical (unpaired) electrons. The van der Waals surface area contributed by atoms with Crippen LogP contribution in [-0.4, -0.2) is 8.42 Å². The number of hydrogen-bond donors (Lipinski definition) is 1. The maximum Gasteiger partial charge on any atom is 0.261 e. The third-order valence-electron chi connectivity index (χ3n) is 2.61. The van der Waals surface area contributed by atoms with Crippen LogP contribution in [0.4, 0.5) is 0 Å². The smallest absolute Gasteiger partial charge is 0.261 e. The standard InChI is InChI=1S/C12H15NO2S/c14-16(15,12-9-5-2-6-10-12)13-11-7-3-1-4-8-11/h2,5-7,9-10,13H,1,3-4,8H2. The number of rotatable bonds is 3. The van der Waals surface area contributed by atoms with E-state index in [9.17, 15) is 8.42 Å². The molecule has 86 valence electrons. The zero-order valence-electron chi connectivity index (χ0n) is 9.02. The lowest BCUT2D eigenvalue weighted by atomic mass is 10.1. The molecule has 3 nitrogen and oxygen atoms in total. The molecule has 0 amide bonds. The fourth-order valence-corrected chi connectivity index (χ4v) is 2.93. The topological polar surface area (TPSA) is 46.2 Å². The second-order valence-corrected chi connectivity index (χ2v) is 5.58. The molecule has 0 saturated heterocycles. The Kier molecular flexibility index (Phi) is 3.29. The summed E-state index contributed by atoms with van der Waals surface area (Å²) in [4.78, 5) is 0.321. The van der Waals surface area contributed by atoms with Crippen LogP contribution in [0.3, 0.4) is 0 Å². The first-order chi connectivity index (χ1) is 7.68.